The quantitative estimate of drug-likeness (QED) is 0.325. The first-order chi connectivity index (χ1) is 16.8. The topological polar surface area (TPSA) is 83.5 Å². The number of hydrogen-bond donors (Lipinski definition) is 0. The lowest BCUT2D eigenvalue weighted by Crippen LogP contribution is -2.44. The minimum atomic E-state index is -3.61. The van der Waals surface area contributed by atoms with Crippen molar-refractivity contribution in [3.05, 3.63) is 70.3 Å². The zero-order chi connectivity index (χ0) is 24.6. The summed E-state index contributed by atoms with van der Waals surface area (Å²) in [5.41, 5.74) is 2.76. The highest BCUT2D eigenvalue weighted by Gasteiger charge is 2.35. The van der Waals surface area contributed by atoms with Crippen molar-refractivity contribution in [2.75, 3.05) is 18.0 Å². The number of benzene rings is 1. The lowest BCUT2D eigenvalue weighted by molar-refractivity contribution is -0.123. The molecule has 0 bridgehead atoms. The van der Waals surface area contributed by atoms with E-state index in [1.807, 2.05) is 37.3 Å². The Hall–Kier alpha value is -2.37. The van der Waals surface area contributed by atoms with Gasteiger partial charge in [0.05, 0.1) is 26.8 Å². The van der Waals surface area contributed by atoms with E-state index in [9.17, 15) is 13.2 Å². The van der Waals surface area contributed by atoms with Crippen LogP contribution in [0.15, 0.2) is 58.9 Å². The van der Waals surface area contributed by atoms with Gasteiger partial charge in [0.1, 0.15) is 4.21 Å². The first kappa shape index (κ1) is 24.3. The molecule has 1 saturated heterocycles. The Morgan fingerprint density at radius 1 is 1.14 bits per heavy atom. The highest BCUT2D eigenvalue weighted by molar-refractivity contribution is 7.91. The molecule has 1 aromatic carbocycles. The van der Waals surface area contributed by atoms with Gasteiger partial charge in [-0.05, 0) is 61.7 Å². The lowest BCUT2D eigenvalue weighted by atomic mass is 9.96. The van der Waals surface area contributed by atoms with E-state index in [0.717, 1.165) is 32.8 Å². The number of thiophene rings is 1. The summed E-state index contributed by atoms with van der Waals surface area (Å²) in [6, 6.07) is 14.8. The largest absolute Gasteiger partial charge is 0.282 e. The second-order valence-corrected chi connectivity index (χ2v) is 13.3. The number of rotatable bonds is 6. The van der Waals surface area contributed by atoms with Crippen LogP contribution >= 0.6 is 34.3 Å². The molecule has 1 aliphatic heterocycles. The van der Waals surface area contributed by atoms with E-state index in [2.05, 4.69) is 11.1 Å². The third-order valence-electron chi connectivity index (χ3n) is 6.02. The van der Waals surface area contributed by atoms with E-state index in [0.29, 0.717) is 28.9 Å². The Balaban J connectivity index is 1.37. The molecule has 0 spiro atoms. The fraction of sp³-hybridized carbons (Fsp3) is 0.292. The zero-order valence-corrected chi connectivity index (χ0v) is 22.1. The lowest BCUT2D eigenvalue weighted by Gasteiger charge is -2.32. The van der Waals surface area contributed by atoms with E-state index in [1.54, 1.807) is 17.2 Å². The molecule has 0 N–H and O–H groups in total. The van der Waals surface area contributed by atoms with Crippen molar-refractivity contribution in [1.82, 2.24) is 14.3 Å². The number of sulfonamides is 1. The number of thiazole rings is 1. The normalized spacial score (nSPS) is 15.5. The number of aromatic nitrogens is 2. The predicted molar refractivity (Wildman–Crippen MR) is 141 cm³/mol. The van der Waals surface area contributed by atoms with Crippen molar-refractivity contribution in [1.29, 1.82) is 0 Å². The van der Waals surface area contributed by atoms with E-state index in [-0.39, 0.29) is 29.1 Å². The molecule has 1 fully saturated rings. The van der Waals surface area contributed by atoms with Gasteiger partial charge in [0, 0.05) is 25.2 Å². The first-order valence-electron chi connectivity index (χ1n) is 11.2. The summed E-state index contributed by atoms with van der Waals surface area (Å²) in [5.74, 6) is -0.353. The van der Waals surface area contributed by atoms with Crippen molar-refractivity contribution >= 4 is 65.6 Å². The summed E-state index contributed by atoms with van der Waals surface area (Å²) in [6.07, 6.45) is 2.60. The summed E-state index contributed by atoms with van der Waals surface area (Å²) in [4.78, 5) is 24.6. The molecule has 182 valence electrons. The standard InChI is InChI=1S/C24H23ClN4O3S3/c1-16-5-6-19-20(14-16)33-24(27-19)29(15-18-4-2-3-11-26-18)23(30)17-9-12-28(13-10-17)35(31,32)22-8-7-21(25)34-22/h2-8,11,14,17H,9-10,12-13,15H2,1H3. The van der Waals surface area contributed by atoms with Crippen molar-refractivity contribution in [2.24, 2.45) is 5.92 Å². The molecule has 4 aromatic rings. The van der Waals surface area contributed by atoms with Gasteiger partial charge in [0.25, 0.3) is 10.0 Å². The highest BCUT2D eigenvalue weighted by Crippen LogP contribution is 2.34. The predicted octanol–water partition coefficient (Wildman–Crippen LogP) is 5.35. The Morgan fingerprint density at radius 2 is 1.94 bits per heavy atom. The molecule has 0 atom stereocenters. The van der Waals surface area contributed by atoms with Gasteiger partial charge in [-0.3, -0.25) is 14.7 Å². The van der Waals surface area contributed by atoms with Crippen LogP contribution in [-0.2, 0) is 21.4 Å². The number of nitrogens with zero attached hydrogens (tertiary/aromatic N) is 4. The molecular formula is C24H23ClN4O3S3. The number of anilines is 1. The number of hydrogen-bond acceptors (Lipinski definition) is 7. The number of carbonyl (C=O) groups excluding carboxylic acids is 1. The minimum absolute atomic E-state index is 0.0531. The molecule has 4 heterocycles. The molecule has 35 heavy (non-hydrogen) atoms. The fourth-order valence-electron chi connectivity index (χ4n) is 4.16. The average molecular weight is 547 g/mol. The maximum Gasteiger partial charge on any atom is 0.252 e. The van der Waals surface area contributed by atoms with Gasteiger partial charge in [-0.25, -0.2) is 13.4 Å². The van der Waals surface area contributed by atoms with E-state index >= 15 is 0 Å². The van der Waals surface area contributed by atoms with Gasteiger partial charge >= 0.3 is 0 Å². The molecule has 0 saturated carbocycles. The summed E-state index contributed by atoms with van der Waals surface area (Å²) < 4.78 is 29.1. The monoisotopic (exact) mass is 546 g/mol. The fourth-order valence-corrected chi connectivity index (χ4v) is 8.33. The van der Waals surface area contributed by atoms with Crippen LogP contribution in [0.25, 0.3) is 10.2 Å². The minimum Gasteiger partial charge on any atom is -0.282 e. The third-order valence-corrected chi connectivity index (χ3v) is 10.7. The second kappa shape index (κ2) is 9.94. The number of piperidine rings is 1. The summed E-state index contributed by atoms with van der Waals surface area (Å²) in [6.45, 7) is 2.90. The number of fused-ring (bicyclic) bond motifs is 1. The van der Waals surface area contributed by atoms with Crippen molar-refractivity contribution < 1.29 is 13.2 Å². The Bertz CT molecular complexity index is 1460. The Labute approximate surface area is 217 Å². The number of aryl methyl sites for hydroxylation is 1. The van der Waals surface area contributed by atoms with Crippen LogP contribution in [0.3, 0.4) is 0 Å². The molecule has 0 radical (unpaired) electrons. The van der Waals surface area contributed by atoms with E-state index in [4.69, 9.17) is 16.6 Å². The molecule has 5 rings (SSSR count). The molecule has 0 aliphatic carbocycles. The van der Waals surface area contributed by atoms with Crippen LogP contribution in [0.2, 0.25) is 4.34 Å². The second-order valence-electron chi connectivity index (χ2n) is 8.45. The van der Waals surface area contributed by atoms with Crippen LogP contribution in [0.4, 0.5) is 5.13 Å². The molecule has 1 aliphatic rings. The van der Waals surface area contributed by atoms with E-state index in [1.165, 1.54) is 21.7 Å². The van der Waals surface area contributed by atoms with Crippen LogP contribution in [0.5, 0.6) is 0 Å². The van der Waals surface area contributed by atoms with Crippen LogP contribution in [0.1, 0.15) is 24.1 Å². The summed E-state index contributed by atoms with van der Waals surface area (Å²) in [5, 5.41) is 0.629. The average Bonchev–Trinajstić information content (AvgIpc) is 3.49. The highest BCUT2D eigenvalue weighted by atomic mass is 35.5. The van der Waals surface area contributed by atoms with Gasteiger partial charge in [-0.15, -0.1) is 11.3 Å². The molecule has 0 unspecified atom stereocenters. The Morgan fingerprint density at radius 3 is 2.63 bits per heavy atom. The third kappa shape index (κ3) is 5.12. The number of amides is 1. The number of carbonyl (C=O) groups is 1. The van der Waals surface area contributed by atoms with E-state index < -0.39 is 10.0 Å². The SMILES string of the molecule is Cc1ccc2nc(N(Cc3ccccn3)C(=O)C3CCN(S(=O)(=O)c4ccc(Cl)s4)CC3)sc2c1. The smallest absolute Gasteiger partial charge is 0.252 e. The molecule has 7 nitrogen and oxygen atoms in total. The molecule has 1 amide bonds. The van der Waals surface area contributed by atoms with Crippen molar-refractivity contribution in [3.63, 3.8) is 0 Å². The van der Waals surface area contributed by atoms with Crippen LogP contribution < -0.4 is 4.90 Å². The van der Waals surface area contributed by atoms with Gasteiger partial charge in [0.15, 0.2) is 5.13 Å². The maximum absolute atomic E-state index is 13.8. The maximum atomic E-state index is 13.8. The first-order valence-corrected chi connectivity index (χ1v) is 14.6. The van der Waals surface area contributed by atoms with Crippen molar-refractivity contribution in [2.45, 2.75) is 30.5 Å². The molecular weight excluding hydrogens is 524 g/mol. The van der Waals surface area contributed by atoms with Gasteiger partial charge < -0.3 is 0 Å². The number of halogens is 1. The number of pyridine rings is 1. The van der Waals surface area contributed by atoms with Crippen LogP contribution in [0, 0.1) is 12.8 Å². The van der Waals surface area contributed by atoms with Gasteiger partial charge in [-0.1, -0.05) is 35.1 Å². The zero-order valence-electron chi connectivity index (χ0n) is 18.9. The summed E-state index contributed by atoms with van der Waals surface area (Å²) >= 11 is 8.48. The molecule has 11 heteroatoms. The molecule has 3 aromatic heterocycles. The Kier molecular flexibility index (Phi) is 6.91. The van der Waals surface area contributed by atoms with Gasteiger partial charge in [0.2, 0.25) is 5.91 Å². The van der Waals surface area contributed by atoms with Crippen molar-refractivity contribution in [3.8, 4) is 0 Å². The van der Waals surface area contributed by atoms with Crippen LogP contribution in [-0.4, -0.2) is 41.7 Å². The van der Waals surface area contributed by atoms with Gasteiger partial charge in [-0.2, -0.15) is 4.31 Å². The summed E-state index contributed by atoms with van der Waals surface area (Å²) in [7, 11) is -3.61.